The van der Waals surface area contributed by atoms with E-state index in [0.29, 0.717) is 11.1 Å². The number of hydrogen-bond acceptors (Lipinski definition) is 4. The van der Waals surface area contributed by atoms with Crippen molar-refractivity contribution in [3.63, 3.8) is 0 Å². The highest BCUT2D eigenvalue weighted by Gasteiger charge is 2.11. The Labute approximate surface area is 166 Å². The molecule has 6 nitrogen and oxygen atoms in total. The standard InChI is InChI=1S/C22H19FN2O4/c23-19-9-5-15(6-10-19)12-24-20(26)14-29-21(27)13-25-22(28)18-8-7-16-3-1-2-4-17(16)11-18/h1-11H,12-14H2,(H,24,26)(H,25,28). The molecule has 0 aliphatic heterocycles. The van der Waals surface area contributed by atoms with Gasteiger partial charge >= 0.3 is 5.97 Å². The minimum absolute atomic E-state index is 0.190. The third-order valence-electron chi connectivity index (χ3n) is 4.17. The molecule has 0 unspecified atom stereocenters. The van der Waals surface area contributed by atoms with Crippen molar-refractivity contribution in [1.29, 1.82) is 0 Å². The van der Waals surface area contributed by atoms with Gasteiger partial charge in [0.1, 0.15) is 12.4 Å². The summed E-state index contributed by atoms with van der Waals surface area (Å²) in [6, 6.07) is 18.5. The summed E-state index contributed by atoms with van der Waals surface area (Å²) < 4.78 is 17.7. The Balaban J connectivity index is 1.40. The van der Waals surface area contributed by atoms with E-state index in [9.17, 15) is 18.8 Å². The Bertz CT molecular complexity index is 1030. The van der Waals surface area contributed by atoms with Crippen molar-refractivity contribution in [2.45, 2.75) is 6.54 Å². The van der Waals surface area contributed by atoms with Gasteiger partial charge in [0, 0.05) is 12.1 Å². The highest BCUT2D eigenvalue weighted by Crippen LogP contribution is 2.15. The van der Waals surface area contributed by atoms with E-state index in [1.54, 1.807) is 24.3 Å². The Morgan fingerprint density at radius 3 is 2.34 bits per heavy atom. The van der Waals surface area contributed by atoms with Gasteiger partial charge in [0.05, 0.1) is 0 Å². The molecular formula is C22H19FN2O4. The number of ether oxygens (including phenoxy) is 1. The average Bonchev–Trinajstić information content (AvgIpc) is 2.75. The van der Waals surface area contributed by atoms with Crippen LogP contribution < -0.4 is 10.6 Å². The SMILES string of the molecule is O=C(COC(=O)CNC(=O)c1ccc2ccccc2c1)NCc1ccc(F)cc1. The van der Waals surface area contributed by atoms with Crippen LogP contribution in [0, 0.1) is 5.82 Å². The second kappa shape index (κ2) is 9.45. The highest BCUT2D eigenvalue weighted by atomic mass is 19.1. The van der Waals surface area contributed by atoms with Crippen molar-refractivity contribution in [1.82, 2.24) is 10.6 Å². The van der Waals surface area contributed by atoms with Gasteiger partial charge in [-0.2, -0.15) is 0 Å². The number of amides is 2. The van der Waals surface area contributed by atoms with Gasteiger partial charge in [0.15, 0.2) is 6.61 Å². The molecule has 148 valence electrons. The van der Waals surface area contributed by atoms with Gasteiger partial charge in [-0.25, -0.2) is 4.39 Å². The Kier molecular flexibility index (Phi) is 6.52. The van der Waals surface area contributed by atoms with Gasteiger partial charge in [-0.1, -0.05) is 42.5 Å². The van der Waals surface area contributed by atoms with Crippen LogP contribution in [0.1, 0.15) is 15.9 Å². The van der Waals surface area contributed by atoms with E-state index in [1.165, 1.54) is 12.1 Å². The van der Waals surface area contributed by atoms with Crippen molar-refractivity contribution in [3.05, 3.63) is 83.7 Å². The normalized spacial score (nSPS) is 10.4. The van der Waals surface area contributed by atoms with Crippen molar-refractivity contribution < 1.29 is 23.5 Å². The van der Waals surface area contributed by atoms with E-state index in [1.807, 2.05) is 30.3 Å². The summed E-state index contributed by atoms with van der Waals surface area (Å²) in [7, 11) is 0. The number of nitrogens with one attached hydrogen (secondary N) is 2. The van der Waals surface area contributed by atoms with E-state index in [4.69, 9.17) is 4.74 Å². The zero-order valence-electron chi connectivity index (χ0n) is 15.5. The number of fused-ring (bicyclic) bond motifs is 1. The zero-order valence-corrected chi connectivity index (χ0v) is 15.5. The molecule has 0 bridgehead atoms. The minimum atomic E-state index is -0.726. The van der Waals surface area contributed by atoms with Gasteiger partial charge in [0.2, 0.25) is 0 Å². The molecule has 0 fully saturated rings. The first-order valence-corrected chi connectivity index (χ1v) is 8.95. The number of carbonyl (C=O) groups excluding carboxylic acids is 3. The number of benzene rings is 3. The second-order valence-electron chi connectivity index (χ2n) is 6.31. The van der Waals surface area contributed by atoms with E-state index < -0.39 is 24.4 Å². The zero-order chi connectivity index (χ0) is 20.6. The maximum atomic E-state index is 12.8. The molecule has 3 aromatic carbocycles. The summed E-state index contributed by atoms with van der Waals surface area (Å²) in [4.78, 5) is 35.7. The Hall–Kier alpha value is -3.74. The summed E-state index contributed by atoms with van der Waals surface area (Å²) in [6.07, 6.45) is 0. The van der Waals surface area contributed by atoms with Crippen LogP contribution in [0.15, 0.2) is 66.7 Å². The molecule has 0 saturated heterocycles. The molecule has 7 heteroatoms. The van der Waals surface area contributed by atoms with Crippen LogP contribution in [0.5, 0.6) is 0 Å². The topological polar surface area (TPSA) is 84.5 Å². The average molecular weight is 394 g/mol. The molecule has 0 atom stereocenters. The summed E-state index contributed by atoms with van der Waals surface area (Å²) in [5.74, 6) is -1.99. The number of rotatable bonds is 7. The Morgan fingerprint density at radius 1 is 0.862 bits per heavy atom. The number of esters is 1. The molecule has 0 heterocycles. The van der Waals surface area contributed by atoms with Gasteiger partial charge in [-0.15, -0.1) is 0 Å². The lowest BCUT2D eigenvalue weighted by atomic mass is 10.1. The van der Waals surface area contributed by atoms with E-state index in [0.717, 1.165) is 10.8 Å². The maximum absolute atomic E-state index is 12.8. The summed E-state index contributed by atoms with van der Waals surface area (Å²) >= 11 is 0. The van der Waals surface area contributed by atoms with Gasteiger partial charge in [-0.3, -0.25) is 14.4 Å². The van der Waals surface area contributed by atoms with E-state index in [-0.39, 0.29) is 18.9 Å². The lowest BCUT2D eigenvalue weighted by Gasteiger charge is -2.08. The highest BCUT2D eigenvalue weighted by molar-refractivity contribution is 5.99. The van der Waals surface area contributed by atoms with Gasteiger partial charge < -0.3 is 15.4 Å². The molecule has 3 aromatic rings. The number of carbonyl (C=O) groups is 3. The quantitative estimate of drug-likeness (QED) is 0.604. The van der Waals surface area contributed by atoms with Gasteiger partial charge in [0.25, 0.3) is 11.8 Å². The number of halogens is 1. The largest absolute Gasteiger partial charge is 0.454 e. The predicted octanol–water partition coefficient (Wildman–Crippen LogP) is 2.57. The molecule has 0 saturated carbocycles. The van der Waals surface area contributed by atoms with Gasteiger partial charge in [-0.05, 0) is 40.6 Å². The van der Waals surface area contributed by atoms with Crippen LogP contribution >= 0.6 is 0 Å². The van der Waals surface area contributed by atoms with Crippen molar-refractivity contribution in [3.8, 4) is 0 Å². The van der Waals surface area contributed by atoms with Crippen molar-refractivity contribution in [2.75, 3.05) is 13.2 Å². The smallest absolute Gasteiger partial charge is 0.325 e. The molecule has 0 aromatic heterocycles. The first-order valence-electron chi connectivity index (χ1n) is 8.95. The Morgan fingerprint density at radius 2 is 1.59 bits per heavy atom. The number of hydrogen-bond donors (Lipinski definition) is 2. The molecule has 29 heavy (non-hydrogen) atoms. The minimum Gasteiger partial charge on any atom is -0.454 e. The third kappa shape index (κ3) is 5.87. The second-order valence-corrected chi connectivity index (χ2v) is 6.31. The molecule has 0 aliphatic carbocycles. The van der Waals surface area contributed by atoms with Crippen molar-refractivity contribution in [2.24, 2.45) is 0 Å². The molecular weight excluding hydrogens is 375 g/mol. The van der Waals surface area contributed by atoms with E-state index >= 15 is 0 Å². The van der Waals surface area contributed by atoms with Crippen LogP contribution in [-0.4, -0.2) is 30.9 Å². The fourth-order valence-corrected chi connectivity index (χ4v) is 2.64. The maximum Gasteiger partial charge on any atom is 0.325 e. The summed E-state index contributed by atoms with van der Waals surface area (Å²) in [5.41, 5.74) is 1.14. The molecule has 2 N–H and O–H groups in total. The van der Waals surface area contributed by atoms with Crippen LogP contribution in [0.3, 0.4) is 0 Å². The molecule has 0 aliphatic rings. The summed E-state index contributed by atoms with van der Waals surface area (Å²) in [6.45, 7) is -0.627. The lowest BCUT2D eigenvalue weighted by Crippen LogP contribution is -2.33. The molecule has 0 radical (unpaired) electrons. The summed E-state index contributed by atoms with van der Waals surface area (Å²) in [5, 5.41) is 6.95. The monoisotopic (exact) mass is 394 g/mol. The predicted molar refractivity (Wildman–Crippen MR) is 105 cm³/mol. The van der Waals surface area contributed by atoms with Crippen LogP contribution in [-0.2, 0) is 20.9 Å². The van der Waals surface area contributed by atoms with E-state index in [2.05, 4.69) is 10.6 Å². The van der Waals surface area contributed by atoms with Crippen LogP contribution in [0.25, 0.3) is 10.8 Å². The lowest BCUT2D eigenvalue weighted by molar-refractivity contribution is -0.147. The fourth-order valence-electron chi connectivity index (χ4n) is 2.64. The first-order chi connectivity index (χ1) is 14.0. The third-order valence-corrected chi connectivity index (χ3v) is 4.17. The first kappa shape index (κ1) is 20.0. The molecule has 3 rings (SSSR count). The fraction of sp³-hybridized carbons (Fsp3) is 0.136. The molecule has 0 spiro atoms. The molecule has 2 amide bonds. The van der Waals surface area contributed by atoms with Crippen LogP contribution in [0.4, 0.5) is 4.39 Å². The van der Waals surface area contributed by atoms with Crippen LogP contribution in [0.2, 0.25) is 0 Å². The van der Waals surface area contributed by atoms with Crippen molar-refractivity contribution >= 4 is 28.6 Å².